The molecule has 1 aromatic rings. The molecule has 0 saturated carbocycles. The first kappa shape index (κ1) is 11.2. The first-order valence-corrected chi connectivity index (χ1v) is 6.80. The van der Waals surface area contributed by atoms with E-state index in [1.807, 2.05) is 0 Å². The van der Waals surface area contributed by atoms with E-state index in [0.717, 1.165) is 17.8 Å². The smallest absolute Gasteiger partial charge is 0.0897 e. The van der Waals surface area contributed by atoms with Gasteiger partial charge in [0.25, 0.3) is 0 Å². The quantitative estimate of drug-likeness (QED) is 0.561. The van der Waals surface area contributed by atoms with Crippen LogP contribution < -0.4 is 0 Å². The number of aromatic nitrogens is 1. The molecule has 1 atom stereocenters. The molecule has 0 radical (unpaired) electrons. The molecule has 0 fully saturated rings. The summed E-state index contributed by atoms with van der Waals surface area (Å²) in [6.45, 7) is 2.06. The Labute approximate surface area is 100 Å². The Bertz CT molecular complexity index is 356. The van der Waals surface area contributed by atoms with Gasteiger partial charge >= 0.3 is 0 Å². The Hall–Kier alpha value is -0.340. The Morgan fingerprint density at radius 1 is 1.53 bits per heavy atom. The number of hydrogen-bond donors (Lipinski definition) is 0. The number of alkyl halides is 1. The van der Waals surface area contributed by atoms with Crippen molar-refractivity contribution in [2.24, 2.45) is 0 Å². The van der Waals surface area contributed by atoms with E-state index in [4.69, 9.17) is 11.6 Å². The number of rotatable bonds is 2. The lowest BCUT2D eigenvalue weighted by atomic mass is 10.1. The van der Waals surface area contributed by atoms with Gasteiger partial charge in [0.15, 0.2) is 0 Å². The second-order valence-electron chi connectivity index (χ2n) is 4.12. The van der Waals surface area contributed by atoms with E-state index in [2.05, 4.69) is 23.4 Å². The maximum atomic E-state index is 6.19. The van der Waals surface area contributed by atoms with Gasteiger partial charge in [-0.1, -0.05) is 18.1 Å². The summed E-state index contributed by atoms with van der Waals surface area (Å²) in [5.74, 6) is 0. The van der Waals surface area contributed by atoms with Crippen LogP contribution in [0.5, 0.6) is 0 Å². The lowest BCUT2D eigenvalue weighted by Gasteiger charge is -2.03. The van der Waals surface area contributed by atoms with Crippen molar-refractivity contribution in [2.45, 2.75) is 44.4 Å². The van der Waals surface area contributed by atoms with Crippen LogP contribution in [0.2, 0.25) is 0 Å². The monoisotopic (exact) mass is 241 g/mol. The number of hydrogen-bond acceptors (Lipinski definition) is 2. The molecule has 0 saturated heterocycles. The zero-order valence-electron chi connectivity index (χ0n) is 9.00. The van der Waals surface area contributed by atoms with Gasteiger partial charge in [0, 0.05) is 11.8 Å². The van der Waals surface area contributed by atoms with Crippen LogP contribution in [-0.4, -0.2) is 10.4 Å². The summed E-state index contributed by atoms with van der Waals surface area (Å²) in [6, 6.07) is 0. The first-order chi connectivity index (χ1) is 7.24. The average molecular weight is 242 g/mol. The molecule has 3 heteroatoms. The Balaban J connectivity index is 2.04. The standard InChI is InChI=1S/C12H16ClNS/c1-9-14-12(8-15-9)7-10-4-2-3-5-11(13)6-10/h6,8,11H,2-5,7H2,1H3. The number of halogens is 1. The van der Waals surface area contributed by atoms with Crippen molar-refractivity contribution in [1.82, 2.24) is 4.98 Å². The number of nitrogens with zero attached hydrogens (tertiary/aromatic N) is 1. The third kappa shape index (κ3) is 3.32. The van der Waals surface area contributed by atoms with Gasteiger partial charge in [0.05, 0.1) is 16.1 Å². The minimum atomic E-state index is 0.238. The van der Waals surface area contributed by atoms with Crippen molar-refractivity contribution >= 4 is 22.9 Å². The second kappa shape index (κ2) is 5.13. The SMILES string of the molecule is Cc1nc(CC2=CC(Cl)CCCC2)cs1. The van der Waals surface area contributed by atoms with Gasteiger partial charge < -0.3 is 0 Å². The lowest BCUT2D eigenvalue weighted by Crippen LogP contribution is -1.94. The van der Waals surface area contributed by atoms with Crippen molar-refractivity contribution in [3.05, 3.63) is 27.7 Å². The molecule has 15 heavy (non-hydrogen) atoms. The molecular formula is C12H16ClNS. The van der Waals surface area contributed by atoms with Crippen molar-refractivity contribution in [2.75, 3.05) is 0 Å². The fraction of sp³-hybridized carbons (Fsp3) is 0.583. The number of allylic oxidation sites excluding steroid dienone is 2. The highest BCUT2D eigenvalue weighted by atomic mass is 35.5. The zero-order valence-corrected chi connectivity index (χ0v) is 10.6. The number of aryl methyl sites for hydroxylation is 1. The molecule has 1 nitrogen and oxygen atoms in total. The van der Waals surface area contributed by atoms with Crippen LogP contribution in [-0.2, 0) is 6.42 Å². The molecule has 0 bridgehead atoms. The fourth-order valence-corrected chi connectivity index (χ4v) is 2.93. The molecule has 1 unspecified atom stereocenters. The van der Waals surface area contributed by atoms with E-state index in [0.29, 0.717) is 0 Å². The van der Waals surface area contributed by atoms with Crippen LogP contribution in [0.15, 0.2) is 17.0 Å². The molecule has 1 aliphatic rings. The van der Waals surface area contributed by atoms with Crippen LogP contribution in [0.1, 0.15) is 36.4 Å². The Morgan fingerprint density at radius 3 is 3.13 bits per heavy atom. The summed E-state index contributed by atoms with van der Waals surface area (Å²) < 4.78 is 0. The van der Waals surface area contributed by atoms with E-state index in [9.17, 15) is 0 Å². The molecule has 0 aromatic carbocycles. The van der Waals surface area contributed by atoms with E-state index in [-0.39, 0.29) is 5.38 Å². The molecule has 1 aromatic heterocycles. The Kier molecular flexibility index (Phi) is 3.81. The summed E-state index contributed by atoms with van der Waals surface area (Å²) in [4.78, 5) is 4.50. The van der Waals surface area contributed by atoms with Gasteiger partial charge in [-0.15, -0.1) is 22.9 Å². The predicted molar refractivity (Wildman–Crippen MR) is 66.7 cm³/mol. The minimum Gasteiger partial charge on any atom is -0.246 e. The highest BCUT2D eigenvalue weighted by Crippen LogP contribution is 2.24. The fourth-order valence-electron chi connectivity index (χ4n) is 1.98. The summed E-state index contributed by atoms with van der Waals surface area (Å²) in [6.07, 6.45) is 8.08. The molecule has 0 amide bonds. The van der Waals surface area contributed by atoms with Crippen molar-refractivity contribution in [1.29, 1.82) is 0 Å². The zero-order chi connectivity index (χ0) is 10.7. The molecule has 0 N–H and O–H groups in total. The van der Waals surface area contributed by atoms with Gasteiger partial charge in [0.2, 0.25) is 0 Å². The van der Waals surface area contributed by atoms with Crippen molar-refractivity contribution < 1.29 is 0 Å². The Morgan fingerprint density at radius 2 is 2.40 bits per heavy atom. The molecule has 2 rings (SSSR count). The lowest BCUT2D eigenvalue weighted by molar-refractivity contribution is 0.709. The highest BCUT2D eigenvalue weighted by molar-refractivity contribution is 7.09. The van der Waals surface area contributed by atoms with Crippen LogP contribution >= 0.6 is 22.9 Å². The number of thiazole rings is 1. The van der Waals surface area contributed by atoms with E-state index in [1.54, 1.807) is 11.3 Å². The van der Waals surface area contributed by atoms with Gasteiger partial charge in [-0.05, 0) is 26.2 Å². The third-order valence-electron chi connectivity index (χ3n) is 2.72. The molecule has 0 aliphatic heterocycles. The second-order valence-corrected chi connectivity index (χ2v) is 5.74. The minimum absolute atomic E-state index is 0.238. The van der Waals surface area contributed by atoms with Gasteiger partial charge in [-0.3, -0.25) is 0 Å². The normalized spacial score (nSPS) is 22.3. The largest absolute Gasteiger partial charge is 0.246 e. The highest BCUT2D eigenvalue weighted by Gasteiger charge is 2.10. The average Bonchev–Trinajstić information content (AvgIpc) is 2.46. The van der Waals surface area contributed by atoms with Crippen LogP contribution in [0.3, 0.4) is 0 Å². The summed E-state index contributed by atoms with van der Waals surface area (Å²) in [5, 5.41) is 3.55. The molecule has 0 spiro atoms. The van der Waals surface area contributed by atoms with Gasteiger partial charge in [-0.25, -0.2) is 4.98 Å². The topological polar surface area (TPSA) is 12.9 Å². The maximum Gasteiger partial charge on any atom is 0.0897 e. The van der Waals surface area contributed by atoms with Crippen LogP contribution in [0.25, 0.3) is 0 Å². The van der Waals surface area contributed by atoms with Crippen molar-refractivity contribution in [3.8, 4) is 0 Å². The van der Waals surface area contributed by atoms with Crippen LogP contribution in [0, 0.1) is 6.92 Å². The molecule has 1 aliphatic carbocycles. The maximum absolute atomic E-state index is 6.19. The van der Waals surface area contributed by atoms with Gasteiger partial charge in [-0.2, -0.15) is 0 Å². The first-order valence-electron chi connectivity index (χ1n) is 5.48. The molecule has 82 valence electrons. The molecule has 1 heterocycles. The van der Waals surface area contributed by atoms with Gasteiger partial charge in [0.1, 0.15) is 0 Å². The van der Waals surface area contributed by atoms with E-state index >= 15 is 0 Å². The van der Waals surface area contributed by atoms with Crippen LogP contribution in [0.4, 0.5) is 0 Å². The predicted octanol–water partition coefficient (Wildman–Crippen LogP) is 4.10. The third-order valence-corrected chi connectivity index (χ3v) is 3.89. The summed E-state index contributed by atoms with van der Waals surface area (Å²) in [5.41, 5.74) is 2.67. The van der Waals surface area contributed by atoms with E-state index < -0.39 is 0 Å². The molecular weight excluding hydrogens is 226 g/mol. The summed E-state index contributed by atoms with van der Waals surface area (Å²) in [7, 11) is 0. The summed E-state index contributed by atoms with van der Waals surface area (Å²) >= 11 is 7.92. The van der Waals surface area contributed by atoms with Crippen molar-refractivity contribution in [3.63, 3.8) is 0 Å². The van der Waals surface area contributed by atoms with E-state index in [1.165, 1.54) is 30.5 Å².